The van der Waals surface area contributed by atoms with Crippen molar-refractivity contribution in [3.63, 3.8) is 0 Å². The zero-order chi connectivity index (χ0) is 42.9. The van der Waals surface area contributed by atoms with Gasteiger partial charge in [-0.2, -0.15) is 21.0 Å². The van der Waals surface area contributed by atoms with Gasteiger partial charge in [0.25, 0.3) is 0 Å². The molecule has 0 saturated carbocycles. The largest absolute Gasteiger partial charge is 0.308 e. The van der Waals surface area contributed by atoms with Crippen LogP contribution in [0.1, 0.15) is 22.3 Å². The zero-order valence-electron chi connectivity index (χ0n) is 33.4. The monoisotopic (exact) mass is 802 g/mol. The molecular weight excluding hydrogens is 773 g/mol. The molecule has 0 aliphatic heterocycles. The normalized spacial score (nSPS) is 10.8. The lowest BCUT2D eigenvalue weighted by molar-refractivity contribution is 1.07. The van der Waals surface area contributed by atoms with E-state index in [4.69, 9.17) is 15.0 Å². The molecule has 8 aromatic carbocycles. The smallest absolute Gasteiger partial charge is 0.164 e. The van der Waals surface area contributed by atoms with Gasteiger partial charge >= 0.3 is 0 Å². The predicted molar refractivity (Wildman–Crippen MR) is 246 cm³/mol. The molecule has 0 N–H and O–H groups in total. The van der Waals surface area contributed by atoms with Crippen LogP contribution in [0.3, 0.4) is 0 Å². The summed E-state index contributed by atoms with van der Waals surface area (Å²) in [5.41, 5.74) is 12.1. The van der Waals surface area contributed by atoms with E-state index < -0.39 is 0 Å². The maximum Gasteiger partial charge on any atom is 0.164 e. The highest BCUT2D eigenvalue weighted by Crippen LogP contribution is 2.44. The molecule has 0 atom stereocenters. The first-order valence-corrected chi connectivity index (χ1v) is 20.1. The van der Waals surface area contributed by atoms with Crippen molar-refractivity contribution in [3.05, 3.63) is 204 Å². The maximum atomic E-state index is 9.84. The van der Waals surface area contributed by atoms with Crippen LogP contribution >= 0.6 is 0 Å². The number of benzene rings is 8. The molecule has 63 heavy (non-hydrogen) atoms. The second kappa shape index (κ2) is 15.9. The van der Waals surface area contributed by atoms with Gasteiger partial charge in [0, 0.05) is 38.6 Å². The quantitative estimate of drug-likeness (QED) is 0.156. The molecule has 8 nitrogen and oxygen atoms in total. The number of nitriles is 4. The first-order chi connectivity index (χ1) is 31.0. The number of hydrogen-bond donors (Lipinski definition) is 0. The Hall–Kier alpha value is -9.47. The van der Waals surface area contributed by atoms with Gasteiger partial charge in [0.15, 0.2) is 17.5 Å². The van der Waals surface area contributed by atoms with Gasteiger partial charge < -0.3 is 4.57 Å². The number of fused-ring (bicyclic) bond motifs is 3. The fraction of sp³-hybridized carbons (Fsp3) is 0. The summed E-state index contributed by atoms with van der Waals surface area (Å²) in [5.74, 6) is 1.54. The first kappa shape index (κ1) is 37.8. The van der Waals surface area contributed by atoms with E-state index in [0.717, 1.165) is 77.6 Å². The molecule has 8 heteroatoms. The summed E-state index contributed by atoms with van der Waals surface area (Å²) in [5, 5.41) is 41.2. The molecule has 0 radical (unpaired) electrons. The van der Waals surface area contributed by atoms with E-state index in [2.05, 4.69) is 65.2 Å². The molecule has 0 bridgehead atoms. The molecule has 0 fully saturated rings. The first-order valence-electron chi connectivity index (χ1n) is 20.1. The molecule has 2 aromatic heterocycles. The second-order valence-electron chi connectivity index (χ2n) is 14.9. The average molecular weight is 803 g/mol. The van der Waals surface area contributed by atoms with Crippen molar-refractivity contribution in [1.82, 2.24) is 19.5 Å². The minimum absolute atomic E-state index is 0.413. The summed E-state index contributed by atoms with van der Waals surface area (Å²) in [6.45, 7) is 0. The molecule has 290 valence electrons. The van der Waals surface area contributed by atoms with E-state index in [1.807, 2.05) is 127 Å². The summed E-state index contributed by atoms with van der Waals surface area (Å²) < 4.78 is 2.27. The van der Waals surface area contributed by atoms with Crippen LogP contribution in [0.25, 0.3) is 95.0 Å². The SMILES string of the molecule is N#Cc1ccc(-c2cc(-c3nc(-c4ccccc4)nc(-c4ccccc4)n3)cc(-c3ccc(C#N)cc3)c2-n2c3ccccc3c3cc(-c4cc(C#N)cc(C#N)c4)ccc32)cc1. The summed E-state index contributed by atoms with van der Waals surface area (Å²) in [4.78, 5) is 15.2. The number of nitrogens with zero attached hydrogens (tertiary/aromatic N) is 8. The molecule has 0 spiro atoms. The van der Waals surface area contributed by atoms with Crippen molar-refractivity contribution in [3.8, 4) is 97.5 Å². The highest BCUT2D eigenvalue weighted by Gasteiger charge is 2.24. The second-order valence-corrected chi connectivity index (χ2v) is 14.9. The molecule has 0 unspecified atom stereocenters. The van der Waals surface area contributed by atoms with Gasteiger partial charge in [-0.25, -0.2) is 15.0 Å². The molecule has 0 aliphatic carbocycles. The van der Waals surface area contributed by atoms with Crippen LogP contribution in [0.4, 0.5) is 0 Å². The van der Waals surface area contributed by atoms with Crippen LogP contribution in [0, 0.1) is 45.3 Å². The number of aromatic nitrogens is 4. The summed E-state index contributed by atoms with van der Waals surface area (Å²) in [6.07, 6.45) is 0. The maximum absolute atomic E-state index is 9.84. The van der Waals surface area contributed by atoms with Crippen LogP contribution in [0.2, 0.25) is 0 Å². The summed E-state index contributed by atoms with van der Waals surface area (Å²) in [6, 6.07) is 67.6. The minimum Gasteiger partial charge on any atom is -0.308 e. The molecule has 10 rings (SSSR count). The van der Waals surface area contributed by atoms with Crippen molar-refractivity contribution in [2.75, 3.05) is 0 Å². The standard InChI is InChI=1S/C55H30N8/c56-31-35-15-19-39(20-16-35)47-29-45(55-61-53(41-9-3-1-4-10-41)60-54(62-55)42-11-5-2-6-12-42)30-48(40-21-17-36(32-57)18-22-40)52(47)63-50-14-8-7-13-46(50)49-28-43(23-24-51(49)63)44-26-37(33-58)25-38(27-44)34-59/h1-30H. The van der Waals surface area contributed by atoms with Crippen molar-refractivity contribution in [2.24, 2.45) is 0 Å². The fourth-order valence-electron chi connectivity index (χ4n) is 8.15. The lowest BCUT2D eigenvalue weighted by Gasteiger charge is -2.21. The van der Waals surface area contributed by atoms with Crippen LogP contribution in [0.5, 0.6) is 0 Å². The molecule has 2 heterocycles. The Bertz CT molecular complexity index is 3410. The fourth-order valence-corrected chi connectivity index (χ4v) is 8.15. The highest BCUT2D eigenvalue weighted by atomic mass is 15.0. The zero-order valence-corrected chi connectivity index (χ0v) is 33.4. The highest BCUT2D eigenvalue weighted by molar-refractivity contribution is 6.12. The van der Waals surface area contributed by atoms with Gasteiger partial charge in [-0.15, -0.1) is 0 Å². The van der Waals surface area contributed by atoms with Crippen LogP contribution in [0.15, 0.2) is 182 Å². The molecule has 10 aromatic rings. The topological polar surface area (TPSA) is 139 Å². The Morgan fingerprint density at radius 3 is 1.27 bits per heavy atom. The molecule has 0 saturated heterocycles. The minimum atomic E-state index is 0.413. The van der Waals surface area contributed by atoms with Crippen LogP contribution in [-0.2, 0) is 0 Å². The van der Waals surface area contributed by atoms with E-state index in [1.165, 1.54) is 0 Å². The summed E-state index contributed by atoms with van der Waals surface area (Å²) in [7, 11) is 0. The van der Waals surface area contributed by atoms with Gasteiger partial charge in [-0.1, -0.05) is 109 Å². The molecule has 0 amide bonds. The van der Waals surface area contributed by atoms with Crippen molar-refractivity contribution < 1.29 is 0 Å². The Morgan fingerprint density at radius 1 is 0.317 bits per heavy atom. The summed E-state index contributed by atoms with van der Waals surface area (Å²) >= 11 is 0. The number of para-hydroxylation sites is 1. The van der Waals surface area contributed by atoms with Crippen LogP contribution < -0.4 is 0 Å². The van der Waals surface area contributed by atoms with Crippen molar-refractivity contribution >= 4 is 21.8 Å². The number of rotatable bonds is 7. The molecule has 0 aliphatic rings. The Morgan fingerprint density at radius 2 is 0.762 bits per heavy atom. The Labute approximate surface area is 362 Å². The van der Waals surface area contributed by atoms with Gasteiger partial charge in [0.05, 0.1) is 63.3 Å². The Balaban J connectivity index is 1.31. The molecular formula is C55H30N8. The van der Waals surface area contributed by atoms with E-state index in [1.54, 1.807) is 18.2 Å². The third-order valence-corrected chi connectivity index (χ3v) is 11.1. The predicted octanol–water partition coefficient (Wildman–Crippen LogP) is 12.5. The third-order valence-electron chi connectivity index (χ3n) is 11.1. The Kier molecular flexibility index (Phi) is 9.56. The van der Waals surface area contributed by atoms with Gasteiger partial charge in [0.2, 0.25) is 0 Å². The van der Waals surface area contributed by atoms with E-state index in [-0.39, 0.29) is 0 Å². The lowest BCUT2D eigenvalue weighted by atomic mass is 9.91. The van der Waals surface area contributed by atoms with E-state index in [0.29, 0.717) is 39.7 Å². The van der Waals surface area contributed by atoms with Gasteiger partial charge in [-0.3, -0.25) is 0 Å². The number of hydrogen-bond acceptors (Lipinski definition) is 7. The average Bonchev–Trinajstić information content (AvgIpc) is 3.69. The van der Waals surface area contributed by atoms with Crippen molar-refractivity contribution in [1.29, 1.82) is 21.0 Å². The van der Waals surface area contributed by atoms with E-state index >= 15 is 0 Å². The lowest BCUT2D eigenvalue weighted by Crippen LogP contribution is -2.04. The van der Waals surface area contributed by atoms with Crippen LogP contribution in [-0.4, -0.2) is 19.5 Å². The van der Waals surface area contributed by atoms with Gasteiger partial charge in [-0.05, 0) is 95.1 Å². The third kappa shape index (κ3) is 6.99. The van der Waals surface area contributed by atoms with Gasteiger partial charge in [0.1, 0.15) is 0 Å². The van der Waals surface area contributed by atoms with E-state index in [9.17, 15) is 21.0 Å². The van der Waals surface area contributed by atoms with Crippen molar-refractivity contribution in [2.45, 2.75) is 0 Å².